The van der Waals surface area contributed by atoms with Crippen LogP contribution in [0.5, 0.6) is 0 Å². The van der Waals surface area contributed by atoms with E-state index < -0.39 is 0 Å². The van der Waals surface area contributed by atoms with Crippen LogP contribution in [-0.4, -0.2) is 11.1 Å². The first-order valence-corrected chi connectivity index (χ1v) is 8.51. The van der Waals surface area contributed by atoms with Crippen molar-refractivity contribution in [1.29, 1.82) is 0 Å². The lowest BCUT2D eigenvalue weighted by molar-refractivity contribution is -0.115. The molecule has 1 amide bonds. The zero-order valence-corrected chi connectivity index (χ0v) is 14.4. The Morgan fingerprint density at radius 3 is 2.67 bits per heavy atom. The number of hydrogen-bond donors (Lipinski definition) is 1. The van der Waals surface area contributed by atoms with Crippen LogP contribution in [0.4, 0.5) is 5.69 Å². The monoisotopic (exact) mass is 334 g/mol. The minimum atomic E-state index is -0.104. The van der Waals surface area contributed by atoms with E-state index in [1.165, 1.54) is 11.8 Å². The van der Waals surface area contributed by atoms with Crippen molar-refractivity contribution in [3.8, 4) is 0 Å². The molecule has 0 bridgehead atoms. The average Bonchev–Trinajstić information content (AvgIpc) is 2.87. The molecule has 1 heterocycles. The minimum absolute atomic E-state index is 0.104. The number of nitrogens with zero attached hydrogens (tertiary/aromatic N) is 1. The minimum Gasteiger partial charge on any atom is -0.300 e. The zero-order chi connectivity index (χ0) is 16.9. The maximum atomic E-state index is 12.1. The summed E-state index contributed by atoms with van der Waals surface area (Å²) in [7, 11) is 0. The van der Waals surface area contributed by atoms with Crippen molar-refractivity contribution in [2.24, 2.45) is 4.99 Å². The number of allylic oxidation sites excluding steroid dienone is 2. The highest BCUT2D eigenvalue weighted by Gasteiger charge is 2.23. The second-order valence-electron chi connectivity index (χ2n) is 5.62. The summed E-state index contributed by atoms with van der Waals surface area (Å²) in [5.74, 6) is -0.104. The molecule has 0 spiro atoms. The molecule has 1 aliphatic rings. The van der Waals surface area contributed by atoms with Gasteiger partial charge in [0.25, 0.3) is 5.91 Å². The van der Waals surface area contributed by atoms with E-state index >= 15 is 0 Å². The third kappa shape index (κ3) is 4.24. The highest BCUT2D eigenvalue weighted by molar-refractivity contribution is 8.18. The van der Waals surface area contributed by atoms with Crippen LogP contribution in [0.1, 0.15) is 18.1 Å². The van der Waals surface area contributed by atoms with Crippen LogP contribution >= 0.6 is 11.8 Å². The molecule has 3 rings (SSSR count). The Morgan fingerprint density at radius 2 is 1.92 bits per heavy atom. The third-order valence-corrected chi connectivity index (χ3v) is 4.35. The molecular weight excluding hydrogens is 316 g/mol. The first kappa shape index (κ1) is 16.3. The van der Waals surface area contributed by atoms with Crippen LogP contribution in [-0.2, 0) is 4.79 Å². The molecule has 4 heteroatoms. The largest absolute Gasteiger partial charge is 0.300 e. The van der Waals surface area contributed by atoms with E-state index in [4.69, 9.17) is 0 Å². The molecule has 0 radical (unpaired) electrons. The van der Waals surface area contributed by atoms with E-state index in [1.54, 1.807) is 0 Å². The molecule has 0 saturated carbocycles. The summed E-state index contributed by atoms with van der Waals surface area (Å²) in [5.41, 5.74) is 4.12. The van der Waals surface area contributed by atoms with Gasteiger partial charge in [-0.1, -0.05) is 48.5 Å². The number of aliphatic imine (C=N–C) groups is 1. The lowest BCUT2D eigenvalue weighted by Crippen LogP contribution is -2.19. The van der Waals surface area contributed by atoms with Gasteiger partial charge in [0.05, 0.1) is 10.6 Å². The van der Waals surface area contributed by atoms with E-state index in [-0.39, 0.29) is 5.91 Å². The van der Waals surface area contributed by atoms with Gasteiger partial charge < -0.3 is 5.32 Å². The predicted octanol–water partition coefficient (Wildman–Crippen LogP) is 4.83. The molecule has 0 aliphatic carbocycles. The van der Waals surface area contributed by atoms with E-state index in [9.17, 15) is 4.79 Å². The fourth-order valence-electron chi connectivity index (χ4n) is 2.36. The van der Waals surface area contributed by atoms with Crippen LogP contribution in [0.2, 0.25) is 0 Å². The van der Waals surface area contributed by atoms with Crippen molar-refractivity contribution in [2.45, 2.75) is 13.8 Å². The second-order valence-corrected chi connectivity index (χ2v) is 6.65. The maximum Gasteiger partial charge on any atom is 0.264 e. The fraction of sp³-hybridized carbons (Fsp3) is 0.100. The van der Waals surface area contributed by atoms with E-state index in [0.29, 0.717) is 10.1 Å². The summed E-state index contributed by atoms with van der Waals surface area (Å²) in [4.78, 5) is 17.3. The quantitative estimate of drug-likeness (QED) is 0.817. The zero-order valence-electron chi connectivity index (χ0n) is 13.6. The number of aryl methyl sites for hydroxylation is 1. The highest BCUT2D eigenvalue weighted by atomic mass is 32.2. The fourth-order valence-corrected chi connectivity index (χ4v) is 3.25. The molecule has 1 saturated heterocycles. The Morgan fingerprint density at radius 1 is 1.12 bits per heavy atom. The Bertz CT molecular complexity index is 851. The Labute approximate surface area is 146 Å². The molecule has 0 unspecified atom stereocenters. The van der Waals surface area contributed by atoms with Crippen molar-refractivity contribution < 1.29 is 4.79 Å². The summed E-state index contributed by atoms with van der Waals surface area (Å²) in [6.45, 7) is 4.01. The number of hydrogen-bond acceptors (Lipinski definition) is 3. The average molecular weight is 334 g/mol. The van der Waals surface area contributed by atoms with Gasteiger partial charge in [0.2, 0.25) is 0 Å². The Balaban J connectivity index is 1.78. The lowest BCUT2D eigenvalue weighted by atomic mass is 10.1. The molecule has 0 aromatic heterocycles. The van der Waals surface area contributed by atoms with Crippen molar-refractivity contribution in [2.75, 3.05) is 0 Å². The number of amides is 1. The summed E-state index contributed by atoms with van der Waals surface area (Å²) >= 11 is 1.37. The van der Waals surface area contributed by atoms with Crippen LogP contribution in [0.25, 0.3) is 6.08 Å². The lowest BCUT2D eigenvalue weighted by Gasteiger charge is -1.97. The van der Waals surface area contributed by atoms with Crippen LogP contribution in [0.3, 0.4) is 0 Å². The van der Waals surface area contributed by atoms with Crippen molar-refractivity contribution in [3.05, 3.63) is 82.3 Å². The predicted molar refractivity (Wildman–Crippen MR) is 102 cm³/mol. The summed E-state index contributed by atoms with van der Waals surface area (Å²) in [5, 5.41) is 3.43. The normalized spacial score (nSPS) is 18.2. The van der Waals surface area contributed by atoms with Gasteiger partial charge in [-0.25, -0.2) is 4.99 Å². The number of benzene rings is 2. The van der Waals surface area contributed by atoms with E-state index in [1.807, 2.05) is 74.5 Å². The van der Waals surface area contributed by atoms with Crippen LogP contribution in [0.15, 0.2) is 76.1 Å². The van der Waals surface area contributed by atoms with E-state index in [0.717, 1.165) is 22.4 Å². The Kier molecular flexibility index (Phi) is 4.96. The Hall–Kier alpha value is -2.59. The summed E-state index contributed by atoms with van der Waals surface area (Å²) in [6, 6.07) is 17.9. The van der Waals surface area contributed by atoms with Gasteiger partial charge in [-0.15, -0.1) is 0 Å². The van der Waals surface area contributed by atoms with Gasteiger partial charge in [0.15, 0.2) is 5.17 Å². The van der Waals surface area contributed by atoms with Gasteiger partial charge in [-0.3, -0.25) is 4.79 Å². The molecule has 1 fully saturated rings. The van der Waals surface area contributed by atoms with Gasteiger partial charge >= 0.3 is 0 Å². The number of amidine groups is 1. The maximum absolute atomic E-state index is 12.1. The number of thioether (sulfide) groups is 1. The molecule has 120 valence electrons. The van der Waals surface area contributed by atoms with Crippen molar-refractivity contribution in [1.82, 2.24) is 5.32 Å². The van der Waals surface area contributed by atoms with Crippen molar-refractivity contribution in [3.63, 3.8) is 0 Å². The van der Waals surface area contributed by atoms with Crippen LogP contribution in [0, 0.1) is 6.92 Å². The summed E-state index contributed by atoms with van der Waals surface area (Å²) in [6.07, 6.45) is 3.95. The number of nitrogens with one attached hydrogen (secondary N) is 1. The van der Waals surface area contributed by atoms with Gasteiger partial charge in [0, 0.05) is 0 Å². The van der Waals surface area contributed by atoms with Gasteiger partial charge in [0.1, 0.15) is 0 Å². The smallest absolute Gasteiger partial charge is 0.264 e. The van der Waals surface area contributed by atoms with Gasteiger partial charge in [-0.05, 0) is 60.5 Å². The number of carbonyl (C=O) groups excluding carboxylic acids is 1. The van der Waals surface area contributed by atoms with Crippen LogP contribution < -0.4 is 5.32 Å². The molecule has 2 aromatic carbocycles. The molecule has 2 aromatic rings. The molecule has 0 atom stereocenters. The molecule has 24 heavy (non-hydrogen) atoms. The SMILES string of the molecule is CC(=C\c1ccccc1)/C=C1/SC(=Nc2cccc(C)c2)NC1=O. The standard InChI is InChI=1S/C20H18N2OS/c1-14-7-6-10-17(12-14)21-20-22-19(23)18(24-20)13-15(2)11-16-8-4-3-5-9-16/h3-13H,1-2H3,(H,21,22,23)/b15-11+,18-13+. The molecule has 1 aliphatic heterocycles. The number of rotatable bonds is 3. The highest BCUT2D eigenvalue weighted by Crippen LogP contribution is 2.27. The first-order chi connectivity index (χ1) is 11.6. The topological polar surface area (TPSA) is 41.5 Å². The van der Waals surface area contributed by atoms with Crippen molar-refractivity contribution >= 4 is 34.6 Å². The molecule has 3 nitrogen and oxygen atoms in total. The molecular formula is C20H18N2OS. The van der Waals surface area contributed by atoms with Gasteiger partial charge in [-0.2, -0.15) is 0 Å². The van der Waals surface area contributed by atoms with E-state index in [2.05, 4.69) is 16.4 Å². The number of carbonyl (C=O) groups is 1. The first-order valence-electron chi connectivity index (χ1n) is 7.70. The third-order valence-electron chi connectivity index (χ3n) is 3.44. The second kappa shape index (κ2) is 7.32. The molecule has 1 N–H and O–H groups in total. The summed E-state index contributed by atoms with van der Waals surface area (Å²) < 4.78 is 0.